The van der Waals surface area contributed by atoms with E-state index < -0.39 is 0 Å². The zero-order chi connectivity index (χ0) is 9.78. The van der Waals surface area contributed by atoms with Crippen molar-refractivity contribution in [2.45, 2.75) is 46.2 Å². The monoisotopic (exact) mass is 171 g/mol. The molecule has 0 heterocycles. The molecule has 0 atom stereocenters. The predicted molar refractivity (Wildman–Crippen MR) is 53.1 cm³/mol. The summed E-state index contributed by atoms with van der Waals surface area (Å²) in [6.07, 6.45) is 2.00. The Morgan fingerprint density at radius 2 is 1.92 bits per heavy atom. The van der Waals surface area contributed by atoms with E-state index in [9.17, 15) is 0 Å². The molecule has 0 unspecified atom stereocenters. The van der Waals surface area contributed by atoms with Crippen molar-refractivity contribution in [3.8, 4) is 0 Å². The maximum absolute atomic E-state index is 5.26. The van der Waals surface area contributed by atoms with Gasteiger partial charge in [0.1, 0.15) is 5.76 Å². The molecular weight excluding hydrogens is 150 g/mol. The van der Waals surface area contributed by atoms with Gasteiger partial charge in [-0.3, -0.25) is 0 Å². The number of rotatable bonds is 4. The van der Waals surface area contributed by atoms with E-state index in [0.717, 1.165) is 5.76 Å². The van der Waals surface area contributed by atoms with Crippen molar-refractivity contribution in [1.82, 2.24) is 5.32 Å². The summed E-state index contributed by atoms with van der Waals surface area (Å²) in [6.45, 7) is 10.5. The molecule has 0 rings (SSSR count). The highest BCUT2D eigenvalue weighted by molar-refractivity contribution is 5.09. The van der Waals surface area contributed by atoms with Gasteiger partial charge in [0.25, 0.3) is 0 Å². The van der Waals surface area contributed by atoms with E-state index in [2.05, 4.69) is 33.0 Å². The van der Waals surface area contributed by atoms with Gasteiger partial charge < -0.3 is 10.1 Å². The number of hydrogen-bond donors (Lipinski definition) is 1. The first-order valence-corrected chi connectivity index (χ1v) is 4.42. The van der Waals surface area contributed by atoms with Gasteiger partial charge in [-0.15, -0.1) is 0 Å². The topological polar surface area (TPSA) is 21.3 Å². The minimum atomic E-state index is -0.0718. The van der Waals surface area contributed by atoms with Crippen molar-refractivity contribution in [2.75, 3.05) is 7.11 Å². The van der Waals surface area contributed by atoms with Crippen molar-refractivity contribution in [3.63, 3.8) is 0 Å². The summed E-state index contributed by atoms with van der Waals surface area (Å²) in [4.78, 5) is 0. The van der Waals surface area contributed by atoms with Crippen molar-refractivity contribution >= 4 is 0 Å². The molecule has 0 aliphatic carbocycles. The van der Waals surface area contributed by atoms with Gasteiger partial charge in [0, 0.05) is 6.04 Å². The molecule has 0 aromatic carbocycles. The average molecular weight is 171 g/mol. The van der Waals surface area contributed by atoms with Crippen LogP contribution in [0.15, 0.2) is 11.8 Å². The minimum Gasteiger partial charge on any atom is -0.500 e. The van der Waals surface area contributed by atoms with Crippen LogP contribution in [-0.4, -0.2) is 18.7 Å². The van der Waals surface area contributed by atoms with Crippen LogP contribution in [0, 0.1) is 0 Å². The van der Waals surface area contributed by atoms with Crippen molar-refractivity contribution < 1.29 is 4.74 Å². The third-order valence-corrected chi connectivity index (χ3v) is 1.75. The summed E-state index contributed by atoms with van der Waals surface area (Å²) < 4.78 is 5.26. The van der Waals surface area contributed by atoms with Crippen LogP contribution in [0.3, 0.4) is 0 Å². The molecule has 0 aliphatic rings. The molecule has 0 amide bonds. The number of allylic oxidation sites excluding steroid dienone is 1. The van der Waals surface area contributed by atoms with E-state index >= 15 is 0 Å². The second-order valence-corrected chi connectivity index (χ2v) is 3.78. The zero-order valence-electron chi connectivity index (χ0n) is 9.06. The normalized spacial score (nSPS) is 13.8. The van der Waals surface area contributed by atoms with E-state index in [4.69, 9.17) is 4.74 Å². The maximum atomic E-state index is 5.26. The van der Waals surface area contributed by atoms with E-state index in [-0.39, 0.29) is 5.54 Å². The highest BCUT2D eigenvalue weighted by atomic mass is 16.5. The van der Waals surface area contributed by atoms with Crippen LogP contribution in [0.5, 0.6) is 0 Å². The lowest BCUT2D eigenvalue weighted by Crippen LogP contribution is -2.45. The van der Waals surface area contributed by atoms with Crippen LogP contribution in [0.25, 0.3) is 0 Å². The van der Waals surface area contributed by atoms with Gasteiger partial charge in [-0.25, -0.2) is 0 Å². The first-order valence-electron chi connectivity index (χ1n) is 4.42. The predicted octanol–water partition coefficient (Wildman–Crippen LogP) is 2.31. The lowest BCUT2D eigenvalue weighted by molar-refractivity contribution is 0.206. The van der Waals surface area contributed by atoms with Gasteiger partial charge in [-0.2, -0.15) is 0 Å². The average Bonchev–Trinajstić information content (AvgIpc) is 1.85. The van der Waals surface area contributed by atoms with E-state index in [1.54, 1.807) is 7.11 Å². The van der Waals surface area contributed by atoms with Gasteiger partial charge in [0.15, 0.2) is 0 Å². The molecule has 0 spiro atoms. The number of nitrogens with one attached hydrogen (secondary N) is 1. The second kappa shape index (κ2) is 4.51. The molecule has 0 aliphatic heterocycles. The Bertz CT molecular complexity index is 159. The maximum Gasteiger partial charge on any atom is 0.111 e. The van der Waals surface area contributed by atoms with Crippen molar-refractivity contribution in [2.24, 2.45) is 0 Å². The molecule has 0 radical (unpaired) electrons. The fraction of sp³-hybridized carbons (Fsp3) is 0.800. The van der Waals surface area contributed by atoms with Crippen LogP contribution >= 0.6 is 0 Å². The fourth-order valence-electron chi connectivity index (χ4n) is 1.53. The lowest BCUT2D eigenvalue weighted by atomic mass is 10.0. The molecule has 0 fully saturated rings. The third kappa shape index (κ3) is 3.26. The number of methoxy groups -OCH3 is 1. The largest absolute Gasteiger partial charge is 0.500 e. The van der Waals surface area contributed by atoms with Gasteiger partial charge in [0.2, 0.25) is 0 Å². The molecule has 0 saturated heterocycles. The molecule has 2 heteroatoms. The van der Waals surface area contributed by atoms with Crippen molar-refractivity contribution in [1.29, 1.82) is 0 Å². The highest BCUT2D eigenvalue weighted by Gasteiger charge is 2.23. The van der Waals surface area contributed by atoms with Crippen LogP contribution in [0.1, 0.15) is 34.6 Å². The van der Waals surface area contributed by atoms with E-state index in [0.29, 0.717) is 6.04 Å². The molecular formula is C10H21NO. The first kappa shape index (κ1) is 11.5. The Morgan fingerprint density at radius 3 is 2.17 bits per heavy atom. The van der Waals surface area contributed by atoms with Gasteiger partial charge in [0.05, 0.1) is 12.6 Å². The molecule has 1 N–H and O–H groups in total. The Hall–Kier alpha value is -0.500. The van der Waals surface area contributed by atoms with E-state index in [1.807, 2.05) is 13.0 Å². The molecule has 12 heavy (non-hydrogen) atoms. The Kier molecular flexibility index (Phi) is 4.32. The second-order valence-electron chi connectivity index (χ2n) is 3.78. The Morgan fingerprint density at radius 1 is 1.42 bits per heavy atom. The third-order valence-electron chi connectivity index (χ3n) is 1.75. The molecule has 72 valence electrons. The minimum absolute atomic E-state index is 0.0718. The number of ether oxygens (including phenoxy) is 1. The van der Waals surface area contributed by atoms with E-state index in [1.165, 1.54) is 0 Å². The van der Waals surface area contributed by atoms with Gasteiger partial charge in [-0.05, 0) is 40.7 Å². The summed E-state index contributed by atoms with van der Waals surface area (Å²) in [5.74, 6) is 0.983. The van der Waals surface area contributed by atoms with Crippen LogP contribution in [0.2, 0.25) is 0 Å². The van der Waals surface area contributed by atoms with Gasteiger partial charge >= 0.3 is 0 Å². The Balaban J connectivity index is 4.37. The van der Waals surface area contributed by atoms with Gasteiger partial charge in [-0.1, -0.05) is 0 Å². The lowest BCUT2D eigenvalue weighted by Gasteiger charge is -2.30. The van der Waals surface area contributed by atoms with Crippen LogP contribution < -0.4 is 5.32 Å². The van der Waals surface area contributed by atoms with Crippen LogP contribution in [-0.2, 0) is 4.74 Å². The zero-order valence-corrected chi connectivity index (χ0v) is 9.06. The highest BCUT2D eigenvalue weighted by Crippen LogP contribution is 2.16. The summed E-state index contributed by atoms with van der Waals surface area (Å²) in [5.41, 5.74) is -0.0718. The molecule has 2 nitrogen and oxygen atoms in total. The molecule has 0 saturated carbocycles. The quantitative estimate of drug-likeness (QED) is 0.655. The number of hydrogen-bond acceptors (Lipinski definition) is 2. The summed E-state index contributed by atoms with van der Waals surface area (Å²) in [7, 11) is 1.71. The first-order chi connectivity index (χ1) is 5.44. The summed E-state index contributed by atoms with van der Waals surface area (Å²) in [6, 6.07) is 0.463. The summed E-state index contributed by atoms with van der Waals surface area (Å²) >= 11 is 0. The SMILES string of the molecule is CC=C(OC)C(C)(C)NC(C)C. The van der Waals surface area contributed by atoms with Crippen molar-refractivity contribution in [3.05, 3.63) is 11.8 Å². The molecule has 0 aromatic rings. The fourth-order valence-corrected chi connectivity index (χ4v) is 1.53. The van der Waals surface area contributed by atoms with Crippen LogP contribution in [0.4, 0.5) is 0 Å². The smallest absolute Gasteiger partial charge is 0.111 e. The summed E-state index contributed by atoms with van der Waals surface area (Å²) in [5, 5.41) is 3.43. The standard InChI is InChI=1S/C10H21NO/c1-7-9(12-6)10(4,5)11-8(2)3/h7-8,11H,1-6H3. The Labute approximate surface area is 76.0 Å². The molecule has 0 bridgehead atoms. The molecule has 0 aromatic heterocycles.